The van der Waals surface area contributed by atoms with Gasteiger partial charge in [0.2, 0.25) is 0 Å². The Hall–Kier alpha value is -1.46. The Morgan fingerprint density at radius 2 is 1.79 bits per heavy atom. The zero-order chi connectivity index (χ0) is 14.2. The molecule has 6 heteroatoms. The molecule has 0 spiro atoms. The molecule has 0 bridgehead atoms. The van der Waals surface area contributed by atoms with Crippen LogP contribution in [0, 0.1) is 11.6 Å². The van der Waals surface area contributed by atoms with Crippen molar-refractivity contribution in [3.63, 3.8) is 0 Å². The smallest absolute Gasteiger partial charge is 0.336 e. The van der Waals surface area contributed by atoms with Gasteiger partial charge in [-0.05, 0) is 39.7 Å². The SMILES string of the molecule is O=C(O)c1cc(F)ccc1-c1ccc(Br)c(Cl)c1F. The number of carbonyl (C=O) groups is 1. The van der Waals surface area contributed by atoms with E-state index in [0.717, 1.165) is 12.1 Å². The highest BCUT2D eigenvalue weighted by Gasteiger charge is 2.18. The summed E-state index contributed by atoms with van der Waals surface area (Å²) in [7, 11) is 0. The molecule has 0 aliphatic carbocycles. The van der Waals surface area contributed by atoms with Crippen molar-refractivity contribution < 1.29 is 18.7 Å². The molecule has 0 aliphatic heterocycles. The third-order valence-electron chi connectivity index (χ3n) is 2.54. The molecule has 2 aromatic rings. The summed E-state index contributed by atoms with van der Waals surface area (Å²) in [6.07, 6.45) is 0. The van der Waals surface area contributed by atoms with Crippen molar-refractivity contribution in [3.8, 4) is 11.1 Å². The van der Waals surface area contributed by atoms with Crippen molar-refractivity contribution in [1.29, 1.82) is 0 Å². The van der Waals surface area contributed by atoms with E-state index < -0.39 is 17.6 Å². The van der Waals surface area contributed by atoms with E-state index in [9.17, 15) is 13.6 Å². The summed E-state index contributed by atoms with van der Waals surface area (Å²) in [5, 5.41) is 8.88. The molecule has 0 heterocycles. The lowest BCUT2D eigenvalue weighted by Crippen LogP contribution is -2.01. The molecule has 0 radical (unpaired) electrons. The van der Waals surface area contributed by atoms with Gasteiger partial charge < -0.3 is 5.11 Å². The fourth-order valence-corrected chi connectivity index (χ4v) is 2.13. The zero-order valence-corrected chi connectivity index (χ0v) is 11.6. The van der Waals surface area contributed by atoms with Gasteiger partial charge in [-0.3, -0.25) is 0 Å². The summed E-state index contributed by atoms with van der Waals surface area (Å²) in [5.41, 5.74) is -0.247. The molecule has 2 rings (SSSR count). The standard InChI is InChI=1S/C13H6BrClF2O2/c14-10-4-3-8(12(17)11(10)15)7-2-1-6(16)5-9(7)13(18)19/h1-5H,(H,18,19). The fraction of sp³-hybridized carbons (Fsp3) is 0. The van der Waals surface area contributed by atoms with Crippen LogP contribution in [0.5, 0.6) is 0 Å². The van der Waals surface area contributed by atoms with E-state index in [-0.39, 0.29) is 21.7 Å². The van der Waals surface area contributed by atoms with E-state index in [1.54, 1.807) is 0 Å². The molecule has 0 atom stereocenters. The molecule has 0 aromatic heterocycles. The first-order valence-electron chi connectivity index (χ1n) is 5.08. The second-order valence-electron chi connectivity index (χ2n) is 3.72. The minimum Gasteiger partial charge on any atom is -0.478 e. The van der Waals surface area contributed by atoms with Crippen molar-refractivity contribution in [2.75, 3.05) is 0 Å². The summed E-state index contributed by atoms with van der Waals surface area (Å²) in [5.74, 6) is -2.80. The quantitative estimate of drug-likeness (QED) is 0.796. The largest absolute Gasteiger partial charge is 0.478 e. The van der Waals surface area contributed by atoms with Crippen LogP contribution in [0.2, 0.25) is 5.02 Å². The molecule has 0 saturated heterocycles. The van der Waals surface area contributed by atoms with Crippen LogP contribution in [0.1, 0.15) is 10.4 Å². The topological polar surface area (TPSA) is 37.3 Å². The van der Waals surface area contributed by atoms with Crippen molar-refractivity contribution in [1.82, 2.24) is 0 Å². The second kappa shape index (κ2) is 5.27. The summed E-state index contributed by atoms with van der Waals surface area (Å²) in [6.45, 7) is 0. The monoisotopic (exact) mass is 346 g/mol. The molecule has 19 heavy (non-hydrogen) atoms. The summed E-state index contributed by atoms with van der Waals surface area (Å²) < 4.78 is 27.5. The van der Waals surface area contributed by atoms with Crippen LogP contribution in [-0.4, -0.2) is 11.1 Å². The molecule has 0 saturated carbocycles. The summed E-state index contributed by atoms with van der Waals surface area (Å²) in [4.78, 5) is 11.1. The lowest BCUT2D eigenvalue weighted by atomic mass is 9.99. The molecule has 1 N–H and O–H groups in total. The number of hydrogen-bond donors (Lipinski definition) is 1. The molecule has 2 aromatic carbocycles. The van der Waals surface area contributed by atoms with E-state index in [1.165, 1.54) is 18.2 Å². The van der Waals surface area contributed by atoms with Crippen molar-refractivity contribution in [3.05, 3.63) is 57.0 Å². The molecule has 0 fully saturated rings. The van der Waals surface area contributed by atoms with Gasteiger partial charge in [0.1, 0.15) is 5.82 Å². The minimum atomic E-state index is -1.34. The van der Waals surface area contributed by atoms with E-state index in [0.29, 0.717) is 4.47 Å². The Balaban J connectivity index is 2.72. The van der Waals surface area contributed by atoms with E-state index in [4.69, 9.17) is 16.7 Å². The lowest BCUT2D eigenvalue weighted by molar-refractivity contribution is 0.0697. The summed E-state index contributed by atoms with van der Waals surface area (Å²) in [6, 6.07) is 5.99. The Morgan fingerprint density at radius 1 is 1.16 bits per heavy atom. The molecular weight excluding hydrogens is 341 g/mol. The van der Waals surface area contributed by atoms with Gasteiger partial charge in [0.05, 0.1) is 10.6 Å². The maximum absolute atomic E-state index is 14.0. The third-order valence-corrected chi connectivity index (χ3v) is 3.80. The fourth-order valence-electron chi connectivity index (χ4n) is 1.66. The number of aromatic carboxylic acids is 1. The van der Waals surface area contributed by atoms with Crippen LogP contribution in [0.4, 0.5) is 8.78 Å². The van der Waals surface area contributed by atoms with Crippen LogP contribution >= 0.6 is 27.5 Å². The molecule has 0 unspecified atom stereocenters. The maximum atomic E-state index is 14.0. The molecular formula is C13H6BrClF2O2. The number of hydrogen-bond acceptors (Lipinski definition) is 1. The summed E-state index contributed by atoms with van der Waals surface area (Å²) >= 11 is 8.82. The average Bonchev–Trinajstić information content (AvgIpc) is 2.37. The van der Waals surface area contributed by atoms with Gasteiger partial charge in [-0.2, -0.15) is 0 Å². The molecule has 98 valence electrons. The van der Waals surface area contributed by atoms with Gasteiger partial charge >= 0.3 is 5.97 Å². The van der Waals surface area contributed by atoms with Crippen LogP contribution in [-0.2, 0) is 0 Å². The first kappa shape index (κ1) is 14.0. The first-order valence-corrected chi connectivity index (χ1v) is 6.25. The highest BCUT2D eigenvalue weighted by atomic mass is 79.9. The predicted molar refractivity (Wildman–Crippen MR) is 71.5 cm³/mol. The number of halogens is 4. The van der Waals surface area contributed by atoms with E-state index >= 15 is 0 Å². The Kier molecular flexibility index (Phi) is 3.87. The van der Waals surface area contributed by atoms with Gasteiger partial charge in [0.25, 0.3) is 0 Å². The Labute approximate surface area is 120 Å². The number of carboxylic acid groups (broad SMARTS) is 1. The van der Waals surface area contributed by atoms with Gasteiger partial charge in [-0.15, -0.1) is 0 Å². The second-order valence-corrected chi connectivity index (χ2v) is 4.95. The normalized spacial score (nSPS) is 10.5. The molecule has 0 aliphatic rings. The van der Waals surface area contributed by atoms with Gasteiger partial charge in [-0.25, -0.2) is 13.6 Å². The maximum Gasteiger partial charge on any atom is 0.336 e. The van der Waals surface area contributed by atoms with Gasteiger partial charge in [0.15, 0.2) is 5.82 Å². The van der Waals surface area contributed by atoms with Crippen molar-refractivity contribution in [2.24, 2.45) is 0 Å². The average molecular weight is 348 g/mol. The van der Waals surface area contributed by atoms with Crippen LogP contribution in [0.25, 0.3) is 11.1 Å². The number of benzene rings is 2. The van der Waals surface area contributed by atoms with E-state index in [1.807, 2.05) is 0 Å². The highest BCUT2D eigenvalue weighted by Crippen LogP contribution is 2.34. The highest BCUT2D eigenvalue weighted by molar-refractivity contribution is 9.10. The van der Waals surface area contributed by atoms with E-state index in [2.05, 4.69) is 15.9 Å². The van der Waals surface area contributed by atoms with Crippen LogP contribution in [0.15, 0.2) is 34.8 Å². The Morgan fingerprint density at radius 3 is 2.42 bits per heavy atom. The lowest BCUT2D eigenvalue weighted by Gasteiger charge is -2.09. The van der Waals surface area contributed by atoms with Crippen molar-refractivity contribution >= 4 is 33.5 Å². The van der Waals surface area contributed by atoms with Crippen LogP contribution in [0.3, 0.4) is 0 Å². The molecule has 2 nitrogen and oxygen atoms in total. The Bertz CT molecular complexity index is 674. The van der Waals surface area contributed by atoms with Crippen LogP contribution < -0.4 is 0 Å². The van der Waals surface area contributed by atoms with Gasteiger partial charge in [-0.1, -0.05) is 23.7 Å². The number of rotatable bonds is 2. The van der Waals surface area contributed by atoms with Gasteiger partial charge in [0, 0.05) is 10.0 Å². The number of carboxylic acids is 1. The molecule has 0 amide bonds. The van der Waals surface area contributed by atoms with Crippen molar-refractivity contribution in [2.45, 2.75) is 0 Å². The third kappa shape index (κ3) is 2.62. The zero-order valence-electron chi connectivity index (χ0n) is 9.25. The minimum absolute atomic E-state index is 0.00519. The predicted octanol–water partition coefficient (Wildman–Crippen LogP) is 4.75. The first-order chi connectivity index (χ1) is 8.91.